The van der Waals surface area contributed by atoms with Gasteiger partial charge in [-0.25, -0.2) is 4.39 Å². The molecule has 0 atom stereocenters. The molecule has 1 saturated heterocycles. The maximum atomic E-state index is 14.1. The summed E-state index contributed by atoms with van der Waals surface area (Å²) in [6.45, 7) is 3.25. The van der Waals surface area contributed by atoms with Crippen molar-refractivity contribution >= 4 is 34.2 Å². The Balaban J connectivity index is 1.20. The second-order valence-corrected chi connectivity index (χ2v) is 12.1. The number of para-hydroxylation sites is 1. The van der Waals surface area contributed by atoms with E-state index in [2.05, 4.69) is 10.6 Å². The van der Waals surface area contributed by atoms with Gasteiger partial charge in [-0.1, -0.05) is 48.0 Å². The van der Waals surface area contributed by atoms with Gasteiger partial charge >= 0.3 is 0 Å². The number of Topliss-reactive ketones (excluding diaryl/α,β-unsaturated/α-hetero) is 1. The van der Waals surface area contributed by atoms with Crippen molar-refractivity contribution in [3.8, 4) is 16.9 Å². The molecule has 0 aliphatic carbocycles. The highest BCUT2D eigenvalue weighted by molar-refractivity contribution is 6.30. The SMILES string of the molecule is Cc1cc(-c2ccc3c(c2)cc(C(=O)N2CCC4(CC2)CC(=O)c2ccccc2O4)n3Cc2ccc(Cl)cc2)ccc1F. The van der Waals surface area contributed by atoms with Crippen molar-refractivity contribution in [3.05, 3.63) is 124 Å². The molecule has 1 aromatic heterocycles. The van der Waals surface area contributed by atoms with Crippen LogP contribution in [0.1, 0.15) is 51.2 Å². The van der Waals surface area contributed by atoms with E-state index in [1.54, 1.807) is 13.0 Å². The number of benzene rings is 4. The zero-order valence-electron chi connectivity index (χ0n) is 23.8. The number of nitrogens with zero attached hydrogens (tertiary/aromatic N) is 2. The number of aryl methyl sites for hydroxylation is 1. The summed E-state index contributed by atoms with van der Waals surface area (Å²) in [5.41, 5.74) is 5.07. The summed E-state index contributed by atoms with van der Waals surface area (Å²) >= 11 is 6.14. The van der Waals surface area contributed by atoms with Gasteiger partial charge in [-0.3, -0.25) is 9.59 Å². The fourth-order valence-corrected chi connectivity index (χ4v) is 6.52. The van der Waals surface area contributed by atoms with E-state index in [0.717, 1.165) is 27.6 Å². The average Bonchev–Trinajstić information content (AvgIpc) is 3.37. The Hall–Kier alpha value is -4.42. The van der Waals surface area contributed by atoms with E-state index in [9.17, 15) is 14.0 Å². The molecule has 7 heteroatoms. The minimum Gasteiger partial charge on any atom is -0.486 e. The van der Waals surface area contributed by atoms with Crippen molar-refractivity contribution in [1.82, 2.24) is 9.47 Å². The van der Waals surface area contributed by atoms with Crippen molar-refractivity contribution < 1.29 is 18.7 Å². The first-order chi connectivity index (χ1) is 20.8. The third-order valence-electron chi connectivity index (χ3n) is 8.82. The Kier molecular flexibility index (Phi) is 6.82. The van der Waals surface area contributed by atoms with Crippen LogP contribution < -0.4 is 4.74 Å². The number of aromatic nitrogens is 1. The second kappa shape index (κ2) is 10.7. The molecule has 5 nitrogen and oxygen atoms in total. The van der Waals surface area contributed by atoms with Crippen LogP contribution in [0.3, 0.4) is 0 Å². The molecule has 1 spiro atoms. The summed E-state index contributed by atoms with van der Waals surface area (Å²) in [5.74, 6) is 0.440. The van der Waals surface area contributed by atoms with Crippen molar-refractivity contribution in [2.75, 3.05) is 13.1 Å². The van der Waals surface area contributed by atoms with Crippen LogP contribution in [0, 0.1) is 12.7 Å². The van der Waals surface area contributed by atoms with E-state index in [-0.39, 0.29) is 17.5 Å². The number of likely N-dealkylation sites (tertiary alicyclic amines) is 1. The van der Waals surface area contributed by atoms with E-state index in [1.807, 2.05) is 77.7 Å². The minimum atomic E-state index is -0.583. The minimum absolute atomic E-state index is 0.0540. The molecule has 43 heavy (non-hydrogen) atoms. The number of carbonyl (C=O) groups excluding carboxylic acids is 2. The van der Waals surface area contributed by atoms with Crippen LogP contribution in [0.5, 0.6) is 5.75 Å². The van der Waals surface area contributed by atoms with Crippen molar-refractivity contribution in [3.63, 3.8) is 0 Å². The first-order valence-corrected chi connectivity index (χ1v) is 14.9. The van der Waals surface area contributed by atoms with Gasteiger partial charge in [0.15, 0.2) is 5.78 Å². The standard InChI is InChI=1S/C36H30ClFN2O3/c1-23-18-25(8-12-30(23)38)26-9-13-31-27(19-26)20-32(40(31)22-24-6-10-28(37)11-7-24)35(42)39-16-14-36(15-17-39)21-33(41)29-4-2-3-5-34(29)43-36/h2-13,18-20H,14-17,21-22H2,1H3. The summed E-state index contributed by atoms with van der Waals surface area (Å²) in [6.07, 6.45) is 1.50. The molecule has 0 saturated carbocycles. The van der Waals surface area contributed by atoms with Gasteiger partial charge in [0, 0.05) is 48.4 Å². The number of rotatable bonds is 4. The molecular weight excluding hydrogens is 563 g/mol. The van der Waals surface area contributed by atoms with E-state index >= 15 is 0 Å². The molecule has 5 aromatic rings. The van der Waals surface area contributed by atoms with Gasteiger partial charge in [0.2, 0.25) is 0 Å². The summed E-state index contributed by atoms with van der Waals surface area (Å²) in [6, 6.07) is 28.2. The fraction of sp³-hybridized carbons (Fsp3) is 0.222. The molecule has 2 aliphatic rings. The molecule has 1 fully saturated rings. The largest absolute Gasteiger partial charge is 0.486 e. The van der Waals surface area contributed by atoms with Crippen LogP contribution in [0.15, 0.2) is 91.0 Å². The van der Waals surface area contributed by atoms with Crippen LogP contribution in [-0.2, 0) is 6.54 Å². The van der Waals surface area contributed by atoms with Crippen molar-refractivity contribution in [2.24, 2.45) is 0 Å². The highest BCUT2D eigenvalue weighted by atomic mass is 35.5. The third-order valence-corrected chi connectivity index (χ3v) is 9.08. The van der Waals surface area contributed by atoms with Gasteiger partial charge in [-0.05, 0) is 83.8 Å². The summed E-state index contributed by atoms with van der Waals surface area (Å²) in [5, 5.41) is 1.59. The van der Waals surface area contributed by atoms with E-state index in [1.165, 1.54) is 6.07 Å². The smallest absolute Gasteiger partial charge is 0.270 e. The molecule has 0 unspecified atom stereocenters. The van der Waals surface area contributed by atoms with E-state index in [4.69, 9.17) is 16.3 Å². The lowest BCUT2D eigenvalue weighted by molar-refractivity contribution is -0.00592. The number of piperidine rings is 1. The van der Waals surface area contributed by atoms with Crippen LogP contribution in [0.2, 0.25) is 5.02 Å². The topological polar surface area (TPSA) is 51.5 Å². The molecular formula is C36H30ClFN2O3. The first-order valence-electron chi connectivity index (χ1n) is 14.5. The van der Waals surface area contributed by atoms with Gasteiger partial charge in [0.1, 0.15) is 22.9 Å². The van der Waals surface area contributed by atoms with Crippen molar-refractivity contribution in [1.29, 1.82) is 0 Å². The average molecular weight is 593 g/mol. The molecule has 1 amide bonds. The summed E-state index contributed by atoms with van der Waals surface area (Å²) in [4.78, 5) is 28.9. The zero-order chi connectivity index (χ0) is 29.7. The maximum absolute atomic E-state index is 14.1. The Morgan fingerprint density at radius 3 is 2.42 bits per heavy atom. The highest BCUT2D eigenvalue weighted by Gasteiger charge is 2.44. The summed E-state index contributed by atoms with van der Waals surface area (Å²) < 4.78 is 22.4. The predicted octanol–water partition coefficient (Wildman–Crippen LogP) is 8.10. The van der Waals surface area contributed by atoms with Crippen LogP contribution in [0.4, 0.5) is 4.39 Å². The van der Waals surface area contributed by atoms with Crippen LogP contribution in [0.25, 0.3) is 22.0 Å². The lowest BCUT2D eigenvalue weighted by Crippen LogP contribution is -2.52. The first kappa shape index (κ1) is 27.4. The highest BCUT2D eigenvalue weighted by Crippen LogP contribution is 2.40. The number of halogens is 2. The zero-order valence-corrected chi connectivity index (χ0v) is 24.5. The number of fused-ring (bicyclic) bond motifs is 2. The number of amides is 1. The van der Waals surface area contributed by atoms with Gasteiger partial charge in [-0.2, -0.15) is 0 Å². The molecule has 0 bridgehead atoms. The maximum Gasteiger partial charge on any atom is 0.270 e. The van der Waals surface area contributed by atoms with Gasteiger partial charge < -0.3 is 14.2 Å². The van der Waals surface area contributed by atoms with Crippen LogP contribution >= 0.6 is 11.6 Å². The molecule has 4 aromatic carbocycles. The van der Waals surface area contributed by atoms with Gasteiger partial charge in [-0.15, -0.1) is 0 Å². The molecule has 0 N–H and O–H groups in total. The molecule has 2 aliphatic heterocycles. The summed E-state index contributed by atoms with van der Waals surface area (Å²) in [7, 11) is 0. The van der Waals surface area contributed by atoms with Crippen molar-refractivity contribution in [2.45, 2.75) is 38.3 Å². The van der Waals surface area contributed by atoms with Gasteiger partial charge in [0.05, 0.1) is 12.0 Å². The van der Waals surface area contributed by atoms with E-state index in [0.29, 0.717) is 66.5 Å². The number of carbonyl (C=O) groups is 2. The lowest BCUT2D eigenvalue weighted by Gasteiger charge is -2.44. The molecule has 216 valence electrons. The lowest BCUT2D eigenvalue weighted by atomic mass is 9.82. The second-order valence-electron chi connectivity index (χ2n) is 11.7. The van der Waals surface area contributed by atoms with Gasteiger partial charge in [0.25, 0.3) is 5.91 Å². The van der Waals surface area contributed by atoms with E-state index < -0.39 is 5.60 Å². The molecule has 7 rings (SSSR count). The monoisotopic (exact) mass is 592 g/mol. The Bertz CT molecular complexity index is 1890. The quantitative estimate of drug-likeness (QED) is 0.212. The Morgan fingerprint density at radius 2 is 1.65 bits per heavy atom. The Morgan fingerprint density at radius 1 is 0.930 bits per heavy atom. The molecule has 0 radical (unpaired) electrons. The Labute approximate surface area is 254 Å². The normalized spacial score (nSPS) is 15.9. The molecule has 3 heterocycles. The van der Waals surface area contributed by atoms with Crippen LogP contribution in [-0.4, -0.2) is 39.8 Å². The predicted molar refractivity (Wildman–Crippen MR) is 167 cm³/mol. The number of ketones is 1. The number of ether oxygens (including phenoxy) is 1. The number of hydrogen-bond donors (Lipinski definition) is 0. The third kappa shape index (κ3) is 5.10. The fourth-order valence-electron chi connectivity index (χ4n) is 6.40. The number of hydrogen-bond acceptors (Lipinski definition) is 3.